The van der Waals surface area contributed by atoms with E-state index in [1.807, 2.05) is 0 Å². The minimum Gasteiger partial charge on any atom is -0.267 e. The number of nitrogens with one attached hydrogen (secondary N) is 1. The van der Waals surface area contributed by atoms with Gasteiger partial charge in [-0.2, -0.15) is 5.10 Å². The molecule has 0 radical (unpaired) electrons. The van der Waals surface area contributed by atoms with Crippen molar-refractivity contribution < 1.29 is 4.79 Å². The van der Waals surface area contributed by atoms with E-state index in [1.165, 1.54) is 51.4 Å². The molecule has 1 N–H and O–H groups in total. The van der Waals surface area contributed by atoms with Crippen LogP contribution < -0.4 is 5.43 Å². The molecular formula is C27H37N3O. The first-order valence-corrected chi connectivity index (χ1v) is 12.3. The van der Waals surface area contributed by atoms with Crippen molar-refractivity contribution in [2.75, 3.05) is 0 Å². The summed E-state index contributed by atoms with van der Waals surface area (Å²) in [7, 11) is 0. The number of amides is 1. The fraction of sp³-hybridized carbons (Fsp3) is 0.667. The van der Waals surface area contributed by atoms with E-state index >= 15 is 0 Å². The summed E-state index contributed by atoms with van der Waals surface area (Å²) in [5.74, 6) is 3.79. The standard InChI is InChI=1S/C27H37N3O/c1-18(29-30-25(31)19-12-16-28-17-13-19)22-9-10-23-21-8-7-20-6-4-5-14-26(20,2)24(21)11-15-27(22,23)3/h4-5,12-13,16-17,20-24H,6-11,14-15H2,1-3H3,(H,30,31)/b29-18+/t20-,21?,22?,23?,24?,26+,27-/m1/s1. The molecule has 4 aliphatic rings. The maximum atomic E-state index is 12.4. The molecule has 31 heavy (non-hydrogen) atoms. The average Bonchev–Trinajstić information content (AvgIpc) is 3.14. The van der Waals surface area contributed by atoms with E-state index in [9.17, 15) is 4.79 Å². The van der Waals surface area contributed by atoms with E-state index in [0.29, 0.717) is 22.3 Å². The lowest BCUT2D eigenvalue weighted by atomic mass is 9.45. The predicted octanol–water partition coefficient (Wildman–Crippen LogP) is 6.01. The Balaban J connectivity index is 1.32. The predicted molar refractivity (Wildman–Crippen MR) is 125 cm³/mol. The van der Waals surface area contributed by atoms with Gasteiger partial charge in [-0.1, -0.05) is 26.0 Å². The minimum absolute atomic E-state index is 0.151. The molecule has 4 heteroatoms. The van der Waals surface area contributed by atoms with Gasteiger partial charge >= 0.3 is 0 Å². The number of allylic oxidation sites excluding steroid dienone is 2. The number of nitrogens with zero attached hydrogens (tertiary/aromatic N) is 2. The van der Waals surface area contributed by atoms with Crippen LogP contribution in [0.3, 0.4) is 0 Å². The third-order valence-corrected chi connectivity index (χ3v) is 9.99. The number of carbonyl (C=O) groups excluding carboxylic acids is 1. The molecule has 7 atom stereocenters. The Morgan fingerprint density at radius 2 is 1.81 bits per heavy atom. The lowest BCUT2D eigenvalue weighted by molar-refractivity contribution is -0.0913. The smallest absolute Gasteiger partial charge is 0.267 e. The van der Waals surface area contributed by atoms with Gasteiger partial charge in [-0.05, 0) is 105 Å². The maximum Gasteiger partial charge on any atom is 0.271 e. The van der Waals surface area contributed by atoms with Crippen molar-refractivity contribution in [3.8, 4) is 0 Å². The summed E-state index contributed by atoms with van der Waals surface area (Å²) in [5.41, 5.74) is 5.35. The van der Waals surface area contributed by atoms with Crippen LogP contribution in [0.25, 0.3) is 0 Å². The molecule has 4 nitrogen and oxygen atoms in total. The number of hydrogen-bond donors (Lipinski definition) is 1. The first-order chi connectivity index (χ1) is 14.9. The summed E-state index contributed by atoms with van der Waals surface area (Å²) in [6, 6.07) is 3.46. The van der Waals surface area contributed by atoms with Crippen LogP contribution in [-0.4, -0.2) is 16.6 Å². The van der Waals surface area contributed by atoms with Crippen LogP contribution in [0.15, 0.2) is 41.8 Å². The van der Waals surface area contributed by atoms with Crippen molar-refractivity contribution in [1.29, 1.82) is 0 Å². The SMILES string of the molecule is C/C(=N\NC(=O)c1ccncc1)C1CCC2C3CC[C@H]4CC=CC[C@]4(C)C3CC[C@]12C. The number of hydrazone groups is 1. The Hall–Kier alpha value is -1.97. The Morgan fingerprint density at radius 1 is 1.03 bits per heavy atom. The highest BCUT2D eigenvalue weighted by molar-refractivity contribution is 5.95. The number of hydrogen-bond acceptors (Lipinski definition) is 3. The summed E-state index contributed by atoms with van der Waals surface area (Å²) in [4.78, 5) is 16.4. The van der Waals surface area contributed by atoms with Gasteiger partial charge in [0.15, 0.2) is 0 Å². The highest BCUT2D eigenvalue weighted by atomic mass is 16.2. The Morgan fingerprint density at radius 3 is 2.61 bits per heavy atom. The lowest BCUT2D eigenvalue weighted by Crippen LogP contribution is -2.52. The van der Waals surface area contributed by atoms with Crippen LogP contribution in [0.2, 0.25) is 0 Å². The summed E-state index contributed by atoms with van der Waals surface area (Å²) >= 11 is 0. The van der Waals surface area contributed by atoms with Gasteiger partial charge in [0.05, 0.1) is 0 Å². The largest absolute Gasteiger partial charge is 0.271 e. The van der Waals surface area contributed by atoms with Gasteiger partial charge in [0, 0.05) is 29.6 Å². The molecule has 0 aromatic carbocycles. The first-order valence-electron chi connectivity index (χ1n) is 12.3. The molecule has 1 aromatic rings. The van der Waals surface area contributed by atoms with Crippen molar-refractivity contribution in [2.45, 2.75) is 72.1 Å². The van der Waals surface area contributed by atoms with Crippen molar-refractivity contribution in [2.24, 2.45) is 45.5 Å². The van der Waals surface area contributed by atoms with Gasteiger partial charge in [-0.25, -0.2) is 5.43 Å². The van der Waals surface area contributed by atoms with E-state index in [2.05, 4.69) is 48.4 Å². The van der Waals surface area contributed by atoms with Gasteiger partial charge in [0.25, 0.3) is 5.91 Å². The van der Waals surface area contributed by atoms with Crippen LogP contribution >= 0.6 is 0 Å². The quantitative estimate of drug-likeness (QED) is 0.370. The van der Waals surface area contributed by atoms with Crippen LogP contribution in [-0.2, 0) is 0 Å². The van der Waals surface area contributed by atoms with Crippen LogP contribution in [0.5, 0.6) is 0 Å². The van der Waals surface area contributed by atoms with E-state index in [-0.39, 0.29) is 5.91 Å². The molecule has 166 valence electrons. The Bertz CT molecular complexity index is 893. The van der Waals surface area contributed by atoms with Crippen LogP contribution in [0.4, 0.5) is 0 Å². The molecule has 4 aliphatic carbocycles. The molecule has 3 fully saturated rings. The zero-order chi connectivity index (χ0) is 21.6. The summed E-state index contributed by atoms with van der Waals surface area (Å²) in [5, 5.41) is 4.59. The van der Waals surface area contributed by atoms with Crippen LogP contribution in [0.1, 0.15) is 82.5 Å². The van der Waals surface area contributed by atoms with Gasteiger partial charge < -0.3 is 0 Å². The Kier molecular flexibility index (Phi) is 5.30. The molecule has 1 heterocycles. The number of aromatic nitrogens is 1. The fourth-order valence-corrected chi connectivity index (χ4v) is 8.31. The molecule has 3 saturated carbocycles. The van der Waals surface area contributed by atoms with Gasteiger partial charge in [0.1, 0.15) is 0 Å². The fourth-order valence-electron chi connectivity index (χ4n) is 8.31. The maximum absolute atomic E-state index is 12.4. The van der Waals surface area contributed by atoms with E-state index in [4.69, 9.17) is 0 Å². The monoisotopic (exact) mass is 419 g/mol. The second-order valence-corrected chi connectivity index (χ2v) is 11.2. The first kappa shape index (κ1) is 20.9. The van der Waals surface area contributed by atoms with Crippen molar-refractivity contribution >= 4 is 11.6 Å². The van der Waals surface area contributed by atoms with Gasteiger partial charge in [-0.3, -0.25) is 9.78 Å². The highest BCUT2D eigenvalue weighted by Gasteiger charge is 2.59. The number of rotatable bonds is 3. The zero-order valence-electron chi connectivity index (χ0n) is 19.3. The molecule has 0 saturated heterocycles. The number of fused-ring (bicyclic) bond motifs is 5. The van der Waals surface area contributed by atoms with E-state index in [1.54, 1.807) is 24.5 Å². The minimum atomic E-state index is -0.151. The normalized spacial score (nSPS) is 41.8. The topological polar surface area (TPSA) is 54.4 Å². The van der Waals surface area contributed by atoms with E-state index < -0.39 is 0 Å². The molecule has 0 aliphatic heterocycles. The molecule has 0 bridgehead atoms. The molecular weight excluding hydrogens is 382 g/mol. The third kappa shape index (κ3) is 3.37. The van der Waals surface area contributed by atoms with Crippen molar-refractivity contribution in [3.05, 3.63) is 42.2 Å². The number of pyridine rings is 1. The zero-order valence-corrected chi connectivity index (χ0v) is 19.3. The third-order valence-electron chi connectivity index (χ3n) is 9.99. The summed E-state index contributed by atoms with van der Waals surface area (Å²) in [6.45, 7) is 7.26. The second-order valence-electron chi connectivity index (χ2n) is 11.2. The second kappa shape index (κ2) is 7.86. The molecule has 4 unspecified atom stereocenters. The molecule has 1 amide bonds. The van der Waals surface area contributed by atoms with Crippen molar-refractivity contribution in [1.82, 2.24) is 10.4 Å². The summed E-state index contributed by atoms with van der Waals surface area (Å²) < 4.78 is 0. The molecule has 1 aromatic heterocycles. The molecule has 0 spiro atoms. The average molecular weight is 420 g/mol. The number of carbonyl (C=O) groups is 1. The van der Waals surface area contributed by atoms with Gasteiger partial charge in [-0.15, -0.1) is 0 Å². The summed E-state index contributed by atoms with van der Waals surface area (Å²) in [6.07, 6.45) is 18.8. The van der Waals surface area contributed by atoms with Gasteiger partial charge in [0.2, 0.25) is 0 Å². The van der Waals surface area contributed by atoms with Crippen molar-refractivity contribution in [3.63, 3.8) is 0 Å². The van der Waals surface area contributed by atoms with Crippen LogP contribution in [0, 0.1) is 40.4 Å². The van der Waals surface area contributed by atoms with E-state index in [0.717, 1.165) is 29.4 Å². The lowest BCUT2D eigenvalue weighted by Gasteiger charge is -2.59. The molecule has 5 rings (SSSR count). The highest BCUT2D eigenvalue weighted by Crippen LogP contribution is 2.67. The Labute approximate surface area is 187 Å².